The van der Waals surface area contributed by atoms with E-state index in [0.717, 1.165) is 18.8 Å². The number of hydrogen-bond acceptors (Lipinski definition) is 5. The van der Waals surface area contributed by atoms with Gasteiger partial charge in [0.05, 0.1) is 31.5 Å². The summed E-state index contributed by atoms with van der Waals surface area (Å²) < 4.78 is 10.5. The third-order valence-electron chi connectivity index (χ3n) is 4.54. The molecule has 1 heterocycles. The van der Waals surface area contributed by atoms with Gasteiger partial charge in [0.15, 0.2) is 0 Å². The van der Waals surface area contributed by atoms with Crippen molar-refractivity contribution < 1.29 is 14.3 Å². The number of benzene rings is 2. The molecule has 2 N–H and O–H groups in total. The Morgan fingerprint density at radius 2 is 1.74 bits per heavy atom. The summed E-state index contributed by atoms with van der Waals surface area (Å²) >= 11 is 6.08. The van der Waals surface area contributed by atoms with E-state index >= 15 is 0 Å². The van der Waals surface area contributed by atoms with Gasteiger partial charge in [-0.3, -0.25) is 4.79 Å². The van der Waals surface area contributed by atoms with Crippen LogP contribution in [0.1, 0.15) is 12.8 Å². The Bertz CT molecular complexity index is 790. The number of methoxy groups -OCH3 is 2. The first-order chi connectivity index (χ1) is 13.1. The summed E-state index contributed by atoms with van der Waals surface area (Å²) in [4.78, 5) is 14.7. The number of nitrogens with one attached hydrogen (secondary N) is 2. The molecule has 6 nitrogen and oxygen atoms in total. The fourth-order valence-electron chi connectivity index (χ4n) is 3.10. The van der Waals surface area contributed by atoms with Gasteiger partial charge in [-0.1, -0.05) is 11.6 Å². The van der Waals surface area contributed by atoms with Crippen molar-refractivity contribution in [2.24, 2.45) is 0 Å². The second-order valence-corrected chi connectivity index (χ2v) is 6.74. The SMILES string of the molecule is COc1cc(NC(=O)CNc2ccc(N3CCCC3)cc2)c(OC)cc1Cl. The van der Waals surface area contributed by atoms with Crippen molar-refractivity contribution >= 4 is 34.6 Å². The molecule has 1 amide bonds. The van der Waals surface area contributed by atoms with E-state index in [0.29, 0.717) is 22.2 Å². The molecule has 1 saturated heterocycles. The van der Waals surface area contributed by atoms with E-state index in [1.54, 1.807) is 12.1 Å². The number of halogens is 1. The van der Waals surface area contributed by atoms with E-state index in [9.17, 15) is 4.79 Å². The Kier molecular flexibility index (Phi) is 6.29. The van der Waals surface area contributed by atoms with Crippen LogP contribution in [0, 0.1) is 0 Å². The number of rotatable bonds is 7. The summed E-state index contributed by atoms with van der Waals surface area (Å²) in [5.74, 6) is 0.753. The molecule has 2 aromatic rings. The monoisotopic (exact) mass is 389 g/mol. The molecule has 2 aromatic carbocycles. The highest BCUT2D eigenvalue weighted by molar-refractivity contribution is 6.32. The van der Waals surface area contributed by atoms with Crippen molar-refractivity contribution in [1.82, 2.24) is 0 Å². The van der Waals surface area contributed by atoms with Crippen molar-refractivity contribution in [3.63, 3.8) is 0 Å². The third kappa shape index (κ3) is 4.77. The first-order valence-corrected chi connectivity index (χ1v) is 9.29. The van der Waals surface area contributed by atoms with Crippen LogP contribution in [0.2, 0.25) is 5.02 Å². The van der Waals surface area contributed by atoms with Gasteiger partial charge in [0, 0.05) is 36.6 Å². The lowest BCUT2D eigenvalue weighted by atomic mass is 10.2. The predicted octanol–water partition coefficient (Wildman–Crippen LogP) is 4.01. The molecule has 144 valence electrons. The van der Waals surface area contributed by atoms with E-state index in [1.165, 1.54) is 32.7 Å². The van der Waals surface area contributed by atoms with Crippen LogP contribution in [0.3, 0.4) is 0 Å². The van der Waals surface area contributed by atoms with Gasteiger partial charge in [-0.2, -0.15) is 0 Å². The van der Waals surface area contributed by atoms with Crippen molar-refractivity contribution in [2.75, 3.05) is 49.4 Å². The van der Waals surface area contributed by atoms with Crippen molar-refractivity contribution in [3.05, 3.63) is 41.4 Å². The van der Waals surface area contributed by atoms with Gasteiger partial charge in [0.2, 0.25) is 5.91 Å². The Labute approximate surface area is 164 Å². The first kappa shape index (κ1) is 19.2. The van der Waals surface area contributed by atoms with Gasteiger partial charge in [-0.15, -0.1) is 0 Å². The standard InChI is InChI=1S/C20H24ClN3O3/c1-26-18-12-17(19(27-2)11-16(18)21)23-20(25)13-22-14-5-7-15(8-6-14)24-9-3-4-10-24/h5-8,11-12,22H,3-4,9-10,13H2,1-2H3,(H,23,25). The van der Waals surface area contributed by atoms with E-state index in [4.69, 9.17) is 21.1 Å². The minimum atomic E-state index is -0.193. The molecule has 1 fully saturated rings. The zero-order chi connectivity index (χ0) is 19.2. The smallest absolute Gasteiger partial charge is 0.243 e. The molecule has 3 rings (SSSR count). The quantitative estimate of drug-likeness (QED) is 0.749. The van der Waals surface area contributed by atoms with Gasteiger partial charge in [0.1, 0.15) is 11.5 Å². The number of amides is 1. The topological polar surface area (TPSA) is 62.8 Å². The van der Waals surface area contributed by atoms with Crippen LogP contribution in [-0.2, 0) is 4.79 Å². The van der Waals surface area contributed by atoms with Crippen LogP contribution in [0.5, 0.6) is 11.5 Å². The maximum absolute atomic E-state index is 12.3. The number of hydrogen-bond donors (Lipinski definition) is 2. The lowest BCUT2D eigenvalue weighted by Crippen LogP contribution is -2.22. The molecule has 7 heteroatoms. The van der Waals surface area contributed by atoms with Crippen LogP contribution in [0.4, 0.5) is 17.1 Å². The van der Waals surface area contributed by atoms with Crippen LogP contribution in [-0.4, -0.2) is 39.8 Å². The normalized spacial score (nSPS) is 13.4. The molecular formula is C20H24ClN3O3. The third-order valence-corrected chi connectivity index (χ3v) is 4.83. The van der Waals surface area contributed by atoms with Crippen LogP contribution < -0.4 is 25.0 Å². The maximum Gasteiger partial charge on any atom is 0.243 e. The van der Waals surface area contributed by atoms with E-state index < -0.39 is 0 Å². The average molecular weight is 390 g/mol. The largest absolute Gasteiger partial charge is 0.495 e. The molecule has 27 heavy (non-hydrogen) atoms. The number of anilines is 3. The molecular weight excluding hydrogens is 366 g/mol. The van der Waals surface area contributed by atoms with Crippen LogP contribution in [0.15, 0.2) is 36.4 Å². The summed E-state index contributed by atoms with van der Waals surface area (Å²) in [5.41, 5.74) is 2.63. The minimum absolute atomic E-state index is 0.136. The summed E-state index contributed by atoms with van der Waals surface area (Å²) in [7, 11) is 3.04. The molecule has 0 spiro atoms. The highest BCUT2D eigenvalue weighted by Crippen LogP contribution is 2.35. The molecule has 0 unspecified atom stereocenters. The number of carbonyl (C=O) groups excluding carboxylic acids is 1. The summed E-state index contributed by atoms with van der Waals surface area (Å²) in [6.07, 6.45) is 2.50. The van der Waals surface area contributed by atoms with Crippen LogP contribution >= 0.6 is 11.6 Å². The maximum atomic E-state index is 12.3. The van der Waals surface area contributed by atoms with Gasteiger partial charge in [0.25, 0.3) is 0 Å². The van der Waals surface area contributed by atoms with Crippen LogP contribution in [0.25, 0.3) is 0 Å². The second-order valence-electron chi connectivity index (χ2n) is 6.33. The van der Waals surface area contributed by atoms with Crippen molar-refractivity contribution in [2.45, 2.75) is 12.8 Å². The highest BCUT2D eigenvalue weighted by atomic mass is 35.5. The van der Waals surface area contributed by atoms with Crippen molar-refractivity contribution in [1.29, 1.82) is 0 Å². The van der Waals surface area contributed by atoms with Gasteiger partial charge >= 0.3 is 0 Å². The number of carbonyl (C=O) groups is 1. The first-order valence-electron chi connectivity index (χ1n) is 8.91. The lowest BCUT2D eigenvalue weighted by molar-refractivity contribution is -0.114. The van der Waals surface area contributed by atoms with Gasteiger partial charge in [-0.25, -0.2) is 0 Å². The van der Waals surface area contributed by atoms with E-state index in [1.807, 2.05) is 12.1 Å². The number of nitrogens with zero attached hydrogens (tertiary/aromatic N) is 1. The number of ether oxygens (including phenoxy) is 2. The molecule has 1 aliphatic heterocycles. The molecule has 1 aliphatic rings. The fourth-order valence-corrected chi connectivity index (χ4v) is 3.33. The second kappa shape index (κ2) is 8.86. The molecule has 0 aliphatic carbocycles. The van der Waals surface area contributed by atoms with Gasteiger partial charge < -0.3 is 25.0 Å². The van der Waals surface area contributed by atoms with Gasteiger partial charge in [-0.05, 0) is 37.1 Å². The Balaban J connectivity index is 1.58. The Hall–Kier alpha value is -2.60. The van der Waals surface area contributed by atoms with E-state index in [-0.39, 0.29) is 12.5 Å². The molecule has 0 radical (unpaired) electrons. The zero-order valence-electron chi connectivity index (χ0n) is 15.5. The molecule has 0 aromatic heterocycles. The van der Waals surface area contributed by atoms with Crippen molar-refractivity contribution in [3.8, 4) is 11.5 Å². The minimum Gasteiger partial charge on any atom is -0.495 e. The fraction of sp³-hybridized carbons (Fsp3) is 0.350. The predicted molar refractivity (Wildman–Crippen MR) is 110 cm³/mol. The summed E-state index contributed by atoms with van der Waals surface area (Å²) in [5, 5.41) is 6.37. The molecule has 0 bridgehead atoms. The molecule has 0 saturated carbocycles. The Morgan fingerprint density at radius 3 is 2.37 bits per heavy atom. The lowest BCUT2D eigenvalue weighted by Gasteiger charge is -2.18. The molecule has 0 atom stereocenters. The summed E-state index contributed by atoms with van der Waals surface area (Å²) in [6.45, 7) is 2.36. The average Bonchev–Trinajstić information content (AvgIpc) is 3.22. The highest BCUT2D eigenvalue weighted by Gasteiger charge is 2.13. The zero-order valence-corrected chi connectivity index (χ0v) is 16.3. The summed E-state index contributed by atoms with van der Waals surface area (Å²) in [6, 6.07) is 11.4. The Morgan fingerprint density at radius 1 is 1.07 bits per heavy atom. The van der Waals surface area contributed by atoms with E-state index in [2.05, 4.69) is 27.7 Å².